The van der Waals surface area contributed by atoms with Crippen LogP contribution in [0.25, 0.3) is 0 Å². The van der Waals surface area contributed by atoms with Crippen LogP contribution >= 0.6 is 15.8 Å². The van der Waals surface area contributed by atoms with E-state index < -0.39 is 0 Å². The number of aromatic nitrogens is 2. The Hall–Kier alpha value is 0.0723. The second-order valence-corrected chi connectivity index (χ2v) is 19.8. The van der Waals surface area contributed by atoms with E-state index in [9.17, 15) is 0 Å². The summed E-state index contributed by atoms with van der Waals surface area (Å²) < 4.78 is 4.62. The van der Waals surface area contributed by atoms with Crippen LogP contribution in [0.15, 0.2) is 31.1 Å². The molecule has 1 aliphatic heterocycles. The van der Waals surface area contributed by atoms with E-state index in [1.54, 1.807) is 0 Å². The van der Waals surface area contributed by atoms with E-state index in [1.807, 2.05) is 0 Å². The summed E-state index contributed by atoms with van der Waals surface area (Å²) in [6, 6.07) is 0. The van der Waals surface area contributed by atoms with Gasteiger partial charge in [-0.3, -0.25) is 0 Å². The Morgan fingerprint density at radius 2 is 1.33 bits per heavy atom. The number of imidazole rings is 1. The SMILES string of the molecule is C.CP(CN1C=CN(C(C)(C)C)C1)C(C)(C)C.C[PH+](Cn1ccn(C(C)(C)C)[cH+]1)C(C)(C)C.[CH3-].[CH3-].[Pd]. The van der Waals surface area contributed by atoms with Crippen molar-refractivity contribution >= 4 is 15.8 Å². The molecule has 0 saturated heterocycles. The third-order valence-electron chi connectivity index (χ3n) is 6.36. The molecule has 0 amide bonds. The number of hydrogen-bond acceptors (Lipinski definition) is 2. The number of rotatable bonds is 4. The van der Waals surface area contributed by atoms with Crippen molar-refractivity contribution < 1.29 is 20.4 Å². The minimum atomic E-state index is -0.339. The summed E-state index contributed by atoms with van der Waals surface area (Å²) in [6.07, 6.45) is 13.5. The molecule has 2 atom stereocenters. The quantitative estimate of drug-likeness (QED) is 0.186. The molecule has 36 heavy (non-hydrogen) atoms. The average molecular weight is 637 g/mol. The molecule has 0 bridgehead atoms. The van der Waals surface area contributed by atoms with Crippen molar-refractivity contribution in [2.24, 2.45) is 0 Å². The number of nitrogens with zero attached hydrogens (tertiary/aromatic N) is 4. The molecule has 2 rings (SSSR count). The Morgan fingerprint density at radius 1 is 0.833 bits per heavy atom. The van der Waals surface area contributed by atoms with Gasteiger partial charge in [-0.05, 0) is 74.1 Å². The predicted molar refractivity (Wildman–Crippen MR) is 170 cm³/mol. The standard InChI is InChI=1S/C13H27N2P.C13H26N2P.CH4.2CH3.Pd/c2*1-12(2,3)15-9-8-14(10-15)11-16(7)13(4,5)6;;;;/h8-9H,10-11H2,1-7H3;8-10H,11H2,1-7H3;1H4;2*1H3;/q;+1;;2*-1;/p+1. The summed E-state index contributed by atoms with van der Waals surface area (Å²) in [6.45, 7) is 33.5. The maximum atomic E-state index is 2.45. The maximum Gasteiger partial charge on any atom is 0.179 e. The zero-order valence-corrected chi connectivity index (χ0v) is 29.5. The van der Waals surface area contributed by atoms with E-state index in [0.29, 0.717) is 10.3 Å². The molecular weight excluding hydrogens is 573 g/mol. The summed E-state index contributed by atoms with van der Waals surface area (Å²) in [4.78, 5) is 4.85. The first kappa shape index (κ1) is 43.1. The normalized spacial score (nSPS) is 15.4. The molecule has 0 radical (unpaired) electrons. The molecule has 0 N–H and O–H groups in total. The molecule has 0 aromatic carbocycles. The van der Waals surface area contributed by atoms with Crippen LogP contribution in [0.3, 0.4) is 0 Å². The molecule has 0 spiro atoms. The zero-order chi connectivity index (χ0) is 25.1. The molecule has 2 unspecified atom stereocenters. The predicted octanol–water partition coefficient (Wildman–Crippen LogP) is 9.16. The fourth-order valence-electron chi connectivity index (χ4n) is 2.87. The van der Waals surface area contributed by atoms with Crippen LogP contribution in [-0.2, 0) is 32.2 Å². The molecule has 2 heterocycles. The molecule has 0 aliphatic carbocycles. The minimum absolute atomic E-state index is 0. The molecule has 4 nitrogen and oxygen atoms in total. The van der Waals surface area contributed by atoms with Gasteiger partial charge >= 0.3 is 0 Å². The van der Waals surface area contributed by atoms with Crippen LogP contribution in [0.4, 0.5) is 0 Å². The van der Waals surface area contributed by atoms with Gasteiger partial charge in [0, 0.05) is 59.2 Å². The first-order valence-corrected chi connectivity index (χ1v) is 16.2. The third-order valence-corrected chi connectivity index (χ3v) is 12.8. The third kappa shape index (κ3) is 14.9. The van der Waals surface area contributed by atoms with E-state index in [0.717, 1.165) is 6.67 Å². The van der Waals surface area contributed by atoms with Crippen LogP contribution in [0.1, 0.15) is 90.5 Å². The second kappa shape index (κ2) is 16.2. The summed E-state index contributed by atoms with van der Waals surface area (Å²) in [5, 5.41) is 0.930. The first-order chi connectivity index (χ1) is 14.2. The van der Waals surface area contributed by atoms with Crippen LogP contribution in [-0.4, -0.2) is 61.1 Å². The molecular formula is C29H64N4P2Pd. The van der Waals surface area contributed by atoms with Crippen molar-refractivity contribution in [2.45, 2.75) is 118 Å². The van der Waals surface area contributed by atoms with Crippen molar-refractivity contribution in [3.8, 4) is 0 Å². The minimum Gasteiger partial charge on any atom is -0.358 e. The molecule has 1 aromatic heterocycles. The molecule has 220 valence electrons. The van der Waals surface area contributed by atoms with E-state index >= 15 is 0 Å². The summed E-state index contributed by atoms with van der Waals surface area (Å²) in [5.41, 5.74) is 0.428. The van der Waals surface area contributed by atoms with Crippen LogP contribution < -0.4 is 0 Å². The largest absolute Gasteiger partial charge is 0.358 e. The van der Waals surface area contributed by atoms with Gasteiger partial charge in [0.2, 0.25) is 0 Å². The van der Waals surface area contributed by atoms with Gasteiger partial charge in [0.25, 0.3) is 0 Å². The topological polar surface area (TPSA) is 16.3 Å². The Bertz CT molecular complexity index is 734. The molecule has 0 fully saturated rings. The van der Waals surface area contributed by atoms with Crippen molar-refractivity contribution in [1.82, 2.24) is 18.9 Å². The van der Waals surface area contributed by atoms with Crippen LogP contribution in [0, 0.1) is 14.9 Å². The maximum absolute atomic E-state index is 2.45. The van der Waals surface area contributed by atoms with Gasteiger partial charge in [0.1, 0.15) is 0 Å². The molecule has 7 heteroatoms. The van der Waals surface area contributed by atoms with E-state index in [4.69, 9.17) is 0 Å². The van der Waals surface area contributed by atoms with Crippen molar-refractivity contribution in [2.75, 3.05) is 26.3 Å². The van der Waals surface area contributed by atoms with Gasteiger partial charge in [0.15, 0.2) is 25.0 Å². The molecule has 1 aliphatic rings. The van der Waals surface area contributed by atoms with Crippen molar-refractivity contribution in [1.29, 1.82) is 0 Å². The summed E-state index contributed by atoms with van der Waals surface area (Å²) in [7, 11) is -0.279. The monoisotopic (exact) mass is 636 g/mol. The zero-order valence-electron chi connectivity index (χ0n) is 26.1. The van der Waals surface area contributed by atoms with Gasteiger partial charge in [-0.25, -0.2) is 4.57 Å². The van der Waals surface area contributed by atoms with E-state index in [-0.39, 0.29) is 69.6 Å². The Balaban J connectivity index is -0.000000256. The van der Waals surface area contributed by atoms with Crippen LogP contribution in [0.2, 0.25) is 0 Å². The van der Waals surface area contributed by atoms with Crippen molar-refractivity contribution in [3.05, 3.63) is 46.0 Å². The smallest absolute Gasteiger partial charge is 0.179 e. The second-order valence-electron chi connectivity index (χ2n) is 13.4. The molecule has 0 saturated carbocycles. The molecule has 1 aromatic rings. The summed E-state index contributed by atoms with van der Waals surface area (Å²) >= 11 is 0. The van der Waals surface area contributed by atoms with E-state index in [2.05, 4.69) is 146 Å². The van der Waals surface area contributed by atoms with Gasteiger partial charge in [0.05, 0.1) is 17.4 Å². The summed E-state index contributed by atoms with van der Waals surface area (Å²) in [5.74, 6) is 0. The van der Waals surface area contributed by atoms with E-state index in [1.165, 1.54) is 12.6 Å². The van der Waals surface area contributed by atoms with Crippen molar-refractivity contribution in [3.63, 3.8) is 0 Å². The Labute approximate surface area is 244 Å². The fourth-order valence-corrected chi connectivity index (χ4v) is 5.23. The first-order valence-electron chi connectivity index (χ1n) is 12.0. The van der Waals surface area contributed by atoms with Crippen LogP contribution in [0.5, 0.6) is 0 Å². The van der Waals surface area contributed by atoms with Gasteiger partial charge < -0.3 is 24.7 Å². The fraction of sp³-hybridized carbons (Fsp3) is 0.759. The average Bonchev–Trinajstić information content (AvgIpc) is 3.22. The van der Waals surface area contributed by atoms with Gasteiger partial charge in [-0.1, -0.05) is 36.1 Å². The Morgan fingerprint density at radius 3 is 1.67 bits per heavy atom. The number of hydrogen-bond donors (Lipinski definition) is 0. The Kier molecular flexibility index (Phi) is 19.5. The van der Waals surface area contributed by atoms with Gasteiger partial charge in [-0.15, -0.1) is 0 Å². The van der Waals surface area contributed by atoms with Gasteiger partial charge in [-0.2, -0.15) is 4.57 Å².